The zero-order chi connectivity index (χ0) is 7.56. The van der Waals surface area contributed by atoms with Crippen LogP contribution in [0, 0.1) is 0 Å². The van der Waals surface area contributed by atoms with Gasteiger partial charge in [0, 0.05) is 20.1 Å². The molecule has 0 nitrogen and oxygen atoms in total. The highest BCUT2D eigenvalue weighted by Gasteiger charge is 1.99. The van der Waals surface area contributed by atoms with Crippen LogP contribution in [0.4, 0.5) is 0 Å². The molecule has 0 spiro atoms. The lowest BCUT2D eigenvalue weighted by Crippen LogP contribution is -1.74. The molecule has 54 valence electrons. The molecular formula is C7H6Br2S. The summed E-state index contributed by atoms with van der Waals surface area (Å²) in [6, 6.07) is 2.08. The molecule has 3 heteroatoms. The summed E-state index contributed by atoms with van der Waals surface area (Å²) in [4.78, 5) is 1.24. The van der Waals surface area contributed by atoms with E-state index in [-0.39, 0.29) is 0 Å². The Hall–Kier alpha value is 0.400. The first kappa shape index (κ1) is 8.50. The van der Waals surface area contributed by atoms with E-state index in [1.807, 2.05) is 0 Å². The molecule has 0 fully saturated rings. The summed E-state index contributed by atoms with van der Waals surface area (Å²) in [7, 11) is 0. The molecule has 0 aliphatic rings. The third-order valence-electron chi connectivity index (χ3n) is 1.08. The lowest BCUT2D eigenvalue weighted by molar-refractivity contribution is 1.75. The Morgan fingerprint density at radius 3 is 2.80 bits per heavy atom. The van der Waals surface area contributed by atoms with Crippen LogP contribution < -0.4 is 0 Å². The SMILES string of the molecule is C=C(CBr)c1cc(Br)cs1. The molecule has 0 saturated carbocycles. The normalized spacial score (nSPS) is 9.80. The second-order valence-corrected chi connectivity index (χ2v) is 4.25. The first-order valence-corrected chi connectivity index (χ1v) is 5.51. The number of halogens is 2. The summed E-state index contributed by atoms with van der Waals surface area (Å²) in [5, 5.41) is 2.91. The molecule has 0 amide bonds. The maximum Gasteiger partial charge on any atom is 0.0316 e. The second kappa shape index (κ2) is 3.69. The molecule has 0 radical (unpaired) electrons. The van der Waals surface area contributed by atoms with Crippen molar-refractivity contribution in [2.45, 2.75) is 0 Å². The summed E-state index contributed by atoms with van der Waals surface area (Å²) < 4.78 is 1.13. The molecule has 0 aliphatic carbocycles. The first-order valence-electron chi connectivity index (χ1n) is 2.72. The minimum absolute atomic E-state index is 0.847. The minimum atomic E-state index is 0.847. The second-order valence-electron chi connectivity index (χ2n) is 1.87. The smallest absolute Gasteiger partial charge is 0.0316 e. The molecule has 1 rings (SSSR count). The van der Waals surface area contributed by atoms with Gasteiger partial charge in [-0.2, -0.15) is 0 Å². The van der Waals surface area contributed by atoms with E-state index in [0.717, 1.165) is 15.4 Å². The van der Waals surface area contributed by atoms with Crippen LogP contribution in [0.25, 0.3) is 5.57 Å². The molecule has 1 aromatic rings. The summed E-state index contributed by atoms with van der Waals surface area (Å²) in [5.74, 6) is 0. The lowest BCUT2D eigenvalue weighted by atomic mass is 10.3. The van der Waals surface area contributed by atoms with Gasteiger partial charge in [0.25, 0.3) is 0 Å². The summed E-state index contributed by atoms with van der Waals surface area (Å²) >= 11 is 8.44. The highest BCUT2D eigenvalue weighted by Crippen LogP contribution is 2.25. The average Bonchev–Trinajstić information content (AvgIpc) is 2.34. The van der Waals surface area contributed by atoms with Gasteiger partial charge in [0.05, 0.1) is 0 Å². The first-order chi connectivity index (χ1) is 4.74. The standard InChI is InChI=1S/C7H6Br2S/c1-5(3-8)7-2-6(9)4-10-7/h2,4H,1,3H2. The average molecular weight is 282 g/mol. The van der Waals surface area contributed by atoms with E-state index in [2.05, 4.69) is 49.9 Å². The Morgan fingerprint density at radius 1 is 1.70 bits per heavy atom. The van der Waals surface area contributed by atoms with Crippen LogP contribution >= 0.6 is 43.2 Å². The quantitative estimate of drug-likeness (QED) is 0.721. The van der Waals surface area contributed by atoms with Gasteiger partial charge in [-0.15, -0.1) is 11.3 Å². The minimum Gasteiger partial charge on any atom is -0.143 e. The van der Waals surface area contributed by atoms with Crippen molar-refractivity contribution in [1.82, 2.24) is 0 Å². The van der Waals surface area contributed by atoms with Gasteiger partial charge < -0.3 is 0 Å². The molecule has 0 N–H and O–H groups in total. The number of alkyl halides is 1. The highest BCUT2D eigenvalue weighted by molar-refractivity contribution is 9.10. The summed E-state index contributed by atoms with van der Waals surface area (Å²) in [6.45, 7) is 3.90. The topological polar surface area (TPSA) is 0 Å². The van der Waals surface area contributed by atoms with Gasteiger partial charge in [0.1, 0.15) is 0 Å². The van der Waals surface area contributed by atoms with Crippen molar-refractivity contribution in [3.8, 4) is 0 Å². The monoisotopic (exact) mass is 280 g/mol. The fourth-order valence-electron chi connectivity index (χ4n) is 0.564. The molecule has 0 saturated heterocycles. The van der Waals surface area contributed by atoms with Crippen LogP contribution in [0.3, 0.4) is 0 Å². The molecule has 0 atom stereocenters. The van der Waals surface area contributed by atoms with Gasteiger partial charge in [-0.05, 0) is 27.6 Å². The molecule has 0 bridgehead atoms. The van der Waals surface area contributed by atoms with E-state index >= 15 is 0 Å². The van der Waals surface area contributed by atoms with Gasteiger partial charge in [0.15, 0.2) is 0 Å². The van der Waals surface area contributed by atoms with E-state index in [1.54, 1.807) is 11.3 Å². The number of hydrogen-bond acceptors (Lipinski definition) is 1. The van der Waals surface area contributed by atoms with Gasteiger partial charge in [-0.1, -0.05) is 22.5 Å². The Kier molecular flexibility index (Phi) is 3.14. The molecule has 0 aliphatic heterocycles. The van der Waals surface area contributed by atoms with E-state index < -0.39 is 0 Å². The largest absolute Gasteiger partial charge is 0.143 e. The van der Waals surface area contributed by atoms with Crippen molar-refractivity contribution in [1.29, 1.82) is 0 Å². The zero-order valence-electron chi connectivity index (χ0n) is 5.23. The predicted molar refractivity (Wildman–Crippen MR) is 54.8 cm³/mol. The van der Waals surface area contributed by atoms with Crippen LogP contribution in [0.5, 0.6) is 0 Å². The van der Waals surface area contributed by atoms with Crippen LogP contribution in [-0.4, -0.2) is 5.33 Å². The van der Waals surface area contributed by atoms with E-state index in [9.17, 15) is 0 Å². The van der Waals surface area contributed by atoms with Crippen LogP contribution in [0.1, 0.15) is 4.88 Å². The number of hydrogen-bond donors (Lipinski definition) is 0. The van der Waals surface area contributed by atoms with Gasteiger partial charge >= 0.3 is 0 Å². The number of thiophene rings is 1. The van der Waals surface area contributed by atoms with E-state index in [4.69, 9.17) is 0 Å². The van der Waals surface area contributed by atoms with Crippen molar-refractivity contribution >= 4 is 48.8 Å². The maximum absolute atomic E-state index is 3.90. The van der Waals surface area contributed by atoms with Crippen molar-refractivity contribution in [3.63, 3.8) is 0 Å². The molecule has 0 aromatic carbocycles. The molecular weight excluding hydrogens is 276 g/mol. The van der Waals surface area contributed by atoms with Crippen molar-refractivity contribution < 1.29 is 0 Å². The van der Waals surface area contributed by atoms with E-state index in [1.165, 1.54) is 4.88 Å². The third-order valence-corrected chi connectivity index (χ3v) is 3.55. The third kappa shape index (κ3) is 1.94. The summed E-state index contributed by atoms with van der Waals surface area (Å²) in [6.07, 6.45) is 0. The van der Waals surface area contributed by atoms with Crippen LogP contribution in [0.15, 0.2) is 22.5 Å². The van der Waals surface area contributed by atoms with Gasteiger partial charge in [-0.25, -0.2) is 0 Å². The fraction of sp³-hybridized carbons (Fsp3) is 0.143. The number of allylic oxidation sites excluding steroid dienone is 1. The Morgan fingerprint density at radius 2 is 2.40 bits per heavy atom. The van der Waals surface area contributed by atoms with Crippen LogP contribution in [0.2, 0.25) is 0 Å². The van der Waals surface area contributed by atoms with Crippen molar-refractivity contribution in [2.24, 2.45) is 0 Å². The van der Waals surface area contributed by atoms with Crippen molar-refractivity contribution in [2.75, 3.05) is 5.33 Å². The van der Waals surface area contributed by atoms with Crippen molar-refractivity contribution in [3.05, 3.63) is 27.4 Å². The van der Waals surface area contributed by atoms with Gasteiger partial charge in [0.2, 0.25) is 0 Å². The summed E-state index contributed by atoms with van der Waals surface area (Å²) in [5.41, 5.74) is 1.13. The molecule has 1 aromatic heterocycles. The fourth-order valence-corrected chi connectivity index (χ4v) is 2.45. The highest BCUT2D eigenvalue weighted by atomic mass is 79.9. The lowest BCUT2D eigenvalue weighted by Gasteiger charge is -1.92. The number of rotatable bonds is 2. The Labute approximate surface area is 81.2 Å². The predicted octanol–water partition coefficient (Wildman–Crippen LogP) is 3.92. The molecule has 1 heterocycles. The maximum atomic E-state index is 3.90. The Bertz CT molecular complexity index is 240. The molecule has 0 unspecified atom stereocenters. The van der Waals surface area contributed by atoms with Gasteiger partial charge in [-0.3, -0.25) is 0 Å². The van der Waals surface area contributed by atoms with E-state index in [0.29, 0.717) is 0 Å². The zero-order valence-corrected chi connectivity index (χ0v) is 9.22. The molecule has 10 heavy (non-hydrogen) atoms. The van der Waals surface area contributed by atoms with Crippen LogP contribution in [-0.2, 0) is 0 Å². The Balaban J connectivity index is 2.85.